The van der Waals surface area contributed by atoms with Gasteiger partial charge >= 0.3 is 39.5 Å². The summed E-state index contributed by atoms with van der Waals surface area (Å²) in [6, 6.07) is 0. The van der Waals surface area contributed by atoms with Crippen molar-refractivity contribution in [1.82, 2.24) is 0 Å². The first-order valence-electron chi connectivity index (χ1n) is 37.5. The minimum atomic E-state index is -4.95. The molecule has 0 aliphatic carbocycles. The summed E-state index contributed by atoms with van der Waals surface area (Å²) >= 11 is 0. The molecule has 0 aromatic rings. The van der Waals surface area contributed by atoms with Crippen LogP contribution in [-0.2, 0) is 65.4 Å². The second-order valence-corrected chi connectivity index (χ2v) is 29.8. The van der Waals surface area contributed by atoms with Crippen molar-refractivity contribution in [2.24, 2.45) is 11.8 Å². The van der Waals surface area contributed by atoms with E-state index in [0.29, 0.717) is 31.6 Å². The number of esters is 4. The zero-order chi connectivity index (χ0) is 67.2. The number of hydrogen-bond donors (Lipinski definition) is 3. The molecule has 0 aromatic carbocycles. The van der Waals surface area contributed by atoms with Gasteiger partial charge in [0.1, 0.15) is 19.3 Å². The first kappa shape index (κ1) is 89.1. The van der Waals surface area contributed by atoms with Crippen molar-refractivity contribution >= 4 is 39.5 Å². The van der Waals surface area contributed by atoms with Crippen molar-refractivity contribution in [3.05, 3.63) is 0 Å². The zero-order valence-electron chi connectivity index (χ0n) is 59.1. The van der Waals surface area contributed by atoms with Gasteiger partial charge in [-0.05, 0) is 37.5 Å². The van der Waals surface area contributed by atoms with Gasteiger partial charge in [0.15, 0.2) is 12.2 Å². The molecular formula is C72H140O17P2. The number of aliphatic hydroxyl groups excluding tert-OH is 1. The Kier molecular flexibility index (Phi) is 62.7. The van der Waals surface area contributed by atoms with Crippen LogP contribution < -0.4 is 0 Å². The maximum absolute atomic E-state index is 13.0. The SMILES string of the molecule is CCCCCCCCCCCCCCCCCCCC(=O)O[C@H](COC(=O)CCCCCCCCCCCCCCCC(C)C)COP(=O)(O)OC[C@@H](O)COP(=O)(O)OC[C@@H](COC(=O)CCCCCCCCCC)OC(=O)CCCCCCCCCC(C)C. The van der Waals surface area contributed by atoms with Crippen LogP contribution >= 0.6 is 15.6 Å². The van der Waals surface area contributed by atoms with Crippen molar-refractivity contribution < 1.29 is 80.2 Å². The fraction of sp³-hybridized carbons (Fsp3) is 0.944. The van der Waals surface area contributed by atoms with Crippen molar-refractivity contribution in [2.45, 2.75) is 387 Å². The van der Waals surface area contributed by atoms with E-state index < -0.39 is 97.5 Å². The molecule has 91 heavy (non-hydrogen) atoms. The van der Waals surface area contributed by atoms with Gasteiger partial charge in [0.25, 0.3) is 0 Å². The molecule has 5 atom stereocenters. The van der Waals surface area contributed by atoms with Gasteiger partial charge in [-0.15, -0.1) is 0 Å². The van der Waals surface area contributed by atoms with E-state index in [9.17, 15) is 43.2 Å². The number of ether oxygens (including phenoxy) is 4. The van der Waals surface area contributed by atoms with Crippen LogP contribution in [0.15, 0.2) is 0 Å². The van der Waals surface area contributed by atoms with Crippen LogP contribution in [0.25, 0.3) is 0 Å². The highest BCUT2D eigenvalue weighted by molar-refractivity contribution is 7.47. The average Bonchev–Trinajstić information content (AvgIpc) is 3.07. The monoisotopic (exact) mass is 1340 g/mol. The second-order valence-electron chi connectivity index (χ2n) is 26.9. The Balaban J connectivity index is 5.21. The number of carbonyl (C=O) groups excluding carboxylic acids is 4. The van der Waals surface area contributed by atoms with Crippen LogP contribution in [0, 0.1) is 11.8 Å². The molecule has 0 aromatic heterocycles. The van der Waals surface area contributed by atoms with Gasteiger partial charge in [-0.3, -0.25) is 37.3 Å². The van der Waals surface area contributed by atoms with E-state index in [-0.39, 0.29) is 25.7 Å². The maximum Gasteiger partial charge on any atom is 0.472 e. The summed E-state index contributed by atoms with van der Waals surface area (Å²) in [6.07, 6.45) is 50.1. The Bertz CT molecular complexity index is 1770. The number of rotatable bonds is 71. The quantitative estimate of drug-likeness (QED) is 0.0222. The van der Waals surface area contributed by atoms with Gasteiger partial charge in [-0.2, -0.15) is 0 Å². The first-order valence-corrected chi connectivity index (χ1v) is 40.5. The van der Waals surface area contributed by atoms with E-state index in [1.54, 1.807) is 0 Å². The van der Waals surface area contributed by atoms with Crippen LogP contribution in [0.2, 0.25) is 0 Å². The molecule has 0 bridgehead atoms. The maximum atomic E-state index is 13.0. The highest BCUT2D eigenvalue weighted by Gasteiger charge is 2.30. The Morgan fingerprint density at radius 3 is 0.747 bits per heavy atom. The Morgan fingerprint density at radius 2 is 0.505 bits per heavy atom. The van der Waals surface area contributed by atoms with Crippen LogP contribution in [0.4, 0.5) is 0 Å². The smallest absolute Gasteiger partial charge is 0.462 e. The Hall–Kier alpha value is -1.94. The molecule has 19 heteroatoms. The van der Waals surface area contributed by atoms with E-state index in [4.69, 9.17) is 37.0 Å². The Morgan fingerprint density at radius 1 is 0.297 bits per heavy atom. The summed E-state index contributed by atoms with van der Waals surface area (Å²) in [4.78, 5) is 72.5. The molecule has 2 unspecified atom stereocenters. The largest absolute Gasteiger partial charge is 0.472 e. The van der Waals surface area contributed by atoms with Gasteiger partial charge in [0, 0.05) is 25.7 Å². The van der Waals surface area contributed by atoms with Crippen molar-refractivity contribution in [3.8, 4) is 0 Å². The molecule has 3 N–H and O–H groups in total. The van der Waals surface area contributed by atoms with E-state index in [2.05, 4.69) is 41.5 Å². The topological polar surface area (TPSA) is 237 Å². The lowest BCUT2D eigenvalue weighted by atomic mass is 10.0. The number of carbonyl (C=O) groups is 4. The van der Waals surface area contributed by atoms with Crippen LogP contribution in [0.1, 0.15) is 369 Å². The molecule has 0 aliphatic heterocycles. The third kappa shape index (κ3) is 66.5. The third-order valence-electron chi connectivity index (χ3n) is 16.7. The van der Waals surface area contributed by atoms with Gasteiger partial charge in [0.2, 0.25) is 0 Å². The van der Waals surface area contributed by atoms with Gasteiger partial charge in [-0.25, -0.2) is 9.13 Å². The van der Waals surface area contributed by atoms with E-state index in [1.165, 1.54) is 180 Å². The van der Waals surface area contributed by atoms with Crippen LogP contribution in [-0.4, -0.2) is 96.7 Å². The molecule has 17 nitrogen and oxygen atoms in total. The molecule has 0 spiro atoms. The van der Waals surface area contributed by atoms with Gasteiger partial charge < -0.3 is 33.8 Å². The van der Waals surface area contributed by atoms with E-state index in [1.807, 2.05) is 0 Å². The standard InChI is InChI=1S/C72H140O17P2/c1-7-9-11-13-15-17-18-19-20-21-22-25-29-32-38-44-50-56-71(76)88-67(61-83-70(75)55-49-43-37-31-28-26-23-24-27-30-34-40-46-52-64(3)4)62-86-90(78,79)84-58-66(73)59-85-91(80,81)87-63-68(60-82-69(74)54-48-42-36-16-14-12-10-8-2)89-72(77)57-51-45-39-33-35-41-47-53-65(5)6/h64-68,73H,7-63H2,1-6H3,(H,78,79)(H,80,81)/t66-,67-,68-/m1/s1. The summed E-state index contributed by atoms with van der Waals surface area (Å²) in [5, 5.41) is 10.6. The molecule has 0 saturated heterocycles. The normalized spacial score (nSPS) is 14.1. The molecule has 0 aliphatic rings. The average molecular weight is 1340 g/mol. The highest BCUT2D eigenvalue weighted by atomic mass is 31.2. The molecule has 0 fully saturated rings. The molecule has 540 valence electrons. The van der Waals surface area contributed by atoms with Gasteiger partial charge in [-0.1, -0.05) is 318 Å². The van der Waals surface area contributed by atoms with Crippen molar-refractivity contribution in [1.29, 1.82) is 0 Å². The summed E-state index contributed by atoms with van der Waals surface area (Å²) in [5.41, 5.74) is 0. The molecule has 0 heterocycles. The van der Waals surface area contributed by atoms with Crippen molar-refractivity contribution in [2.75, 3.05) is 39.6 Å². The van der Waals surface area contributed by atoms with Crippen molar-refractivity contribution in [3.63, 3.8) is 0 Å². The minimum absolute atomic E-state index is 0.103. The zero-order valence-corrected chi connectivity index (χ0v) is 60.9. The number of hydrogen-bond acceptors (Lipinski definition) is 15. The van der Waals surface area contributed by atoms with E-state index >= 15 is 0 Å². The molecular weight excluding hydrogens is 1200 g/mol. The number of aliphatic hydroxyl groups is 1. The summed E-state index contributed by atoms with van der Waals surface area (Å²) in [7, 11) is -9.90. The van der Waals surface area contributed by atoms with Gasteiger partial charge in [0.05, 0.1) is 26.4 Å². The van der Waals surface area contributed by atoms with E-state index in [0.717, 1.165) is 102 Å². The summed E-state index contributed by atoms with van der Waals surface area (Å²) in [6.45, 7) is 9.49. The fourth-order valence-corrected chi connectivity index (χ4v) is 12.5. The molecule has 0 saturated carbocycles. The fourth-order valence-electron chi connectivity index (χ4n) is 10.9. The second kappa shape index (κ2) is 64.1. The molecule has 0 rings (SSSR count). The number of phosphoric acid groups is 2. The predicted molar refractivity (Wildman–Crippen MR) is 368 cm³/mol. The number of unbranched alkanes of at least 4 members (excludes halogenated alkanes) is 41. The minimum Gasteiger partial charge on any atom is -0.462 e. The molecule has 0 radical (unpaired) electrons. The first-order chi connectivity index (χ1) is 43.9. The lowest BCUT2D eigenvalue weighted by Crippen LogP contribution is -2.30. The summed E-state index contributed by atoms with van der Waals surface area (Å²) < 4.78 is 68.3. The lowest BCUT2D eigenvalue weighted by Gasteiger charge is -2.21. The Labute approximate surface area is 556 Å². The lowest BCUT2D eigenvalue weighted by molar-refractivity contribution is -0.161. The van der Waals surface area contributed by atoms with Crippen LogP contribution in [0.3, 0.4) is 0 Å². The molecule has 0 amide bonds. The third-order valence-corrected chi connectivity index (χ3v) is 18.6. The predicted octanol–water partition coefficient (Wildman–Crippen LogP) is 20.8. The number of phosphoric ester groups is 2. The van der Waals surface area contributed by atoms with Crippen LogP contribution in [0.5, 0.6) is 0 Å². The summed E-state index contributed by atoms with van der Waals surface area (Å²) in [5.74, 6) is -0.638. The highest BCUT2D eigenvalue weighted by Crippen LogP contribution is 2.45.